The van der Waals surface area contributed by atoms with Crippen LogP contribution in [-0.4, -0.2) is 34.7 Å². The molecule has 7 nitrogen and oxygen atoms in total. The van der Waals surface area contributed by atoms with Crippen LogP contribution in [0.25, 0.3) is 6.08 Å². The monoisotopic (exact) mass is 376 g/mol. The van der Waals surface area contributed by atoms with Gasteiger partial charge in [0, 0.05) is 30.9 Å². The highest BCUT2D eigenvalue weighted by Crippen LogP contribution is 2.20. The van der Waals surface area contributed by atoms with E-state index >= 15 is 0 Å². The Bertz CT molecular complexity index is 813. The van der Waals surface area contributed by atoms with Crippen LogP contribution in [0.2, 0.25) is 5.15 Å². The number of anilines is 1. The van der Waals surface area contributed by atoms with E-state index in [1.165, 1.54) is 6.08 Å². The number of hydrogen-bond acceptors (Lipinski definition) is 4. The number of carbonyl (C=O) groups is 2. The van der Waals surface area contributed by atoms with Gasteiger partial charge in [0.1, 0.15) is 10.9 Å². The Labute approximate surface area is 157 Å². The van der Waals surface area contributed by atoms with Crippen molar-refractivity contribution in [2.45, 2.75) is 13.8 Å². The molecule has 0 spiro atoms. The molecular weight excluding hydrogens is 356 g/mol. The molecule has 0 saturated carbocycles. The van der Waals surface area contributed by atoms with E-state index in [-0.39, 0.29) is 18.4 Å². The van der Waals surface area contributed by atoms with Gasteiger partial charge in [0.25, 0.3) is 5.91 Å². The van der Waals surface area contributed by atoms with E-state index in [1.807, 2.05) is 13.8 Å². The number of ether oxygens (including phenoxy) is 1. The van der Waals surface area contributed by atoms with E-state index in [0.717, 1.165) is 5.69 Å². The number of nitrogens with zero attached hydrogens (tertiary/aromatic N) is 2. The summed E-state index contributed by atoms with van der Waals surface area (Å²) in [7, 11) is 1.74. The first-order valence-electron chi connectivity index (χ1n) is 8.08. The summed E-state index contributed by atoms with van der Waals surface area (Å²) in [6.45, 7) is 4.17. The summed E-state index contributed by atoms with van der Waals surface area (Å²) in [6.07, 6.45) is 3.03. The van der Waals surface area contributed by atoms with Gasteiger partial charge in [-0.3, -0.25) is 14.3 Å². The molecule has 1 heterocycles. The Morgan fingerprint density at radius 2 is 2.00 bits per heavy atom. The topological polar surface area (TPSA) is 85.2 Å². The third-order valence-corrected chi connectivity index (χ3v) is 3.91. The molecule has 0 bridgehead atoms. The number of aromatic nitrogens is 2. The molecule has 1 aromatic heterocycles. The lowest BCUT2D eigenvalue weighted by Crippen LogP contribution is -2.28. The average molecular weight is 377 g/mol. The smallest absolute Gasteiger partial charge is 0.257 e. The van der Waals surface area contributed by atoms with Crippen LogP contribution in [0.5, 0.6) is 5.75 Å². The van der Waals surface area contributed by atoms with E-state index in [9.17, 15) is 9.59 Å². The SMILES string of the molecule is CCNC(=O)COc1ccc(NC(=O)/C=C/c2c(C)nn(C)c2Cl)cc1. The molecule has 2 rings (SSSR count). The number of rotatable bonds is 7. The fraction of sp³-hybridized carbons (Fsp3) is 0.278. The van der Waals surface area contributed by atoms with Crippen LogP contribution in [0.3, 0.4) is 0 Å². The molecule has 0 unspecified atom stereocenters. The minimum atomic E-state index is -0.291. The fourth-order valence-electron chi connectivity index (χ4n) is 2.21. The van der Waals surface area contributed by atoms with Crippen LogP contribution in [0.1, 0.15) is 18.2 Å². The number of nitrogens with one attached hydrogen (secondary N) is 2. The van der Waals surface area contributed by atoms with Crippen LogP contribution in [0.15, 0.2) is 30.3 Å². The van der Waals surface area contributed by atoms with Gasteiger partial charge in [-0.25, -0.2) is 0 Å². The van der Waals surface area contributed by atoms with Gasteiger partial charge in [-0.2, -0.15) is 5.10 Å². The predicted molar refractivity (Wildman–Crippen MR) is 101 cm³/mol. The molecule has 0 aliphatic rings. The second-order valence-electron chi connectivity index (χ2n) is 5.50. The maximum absolute atomic E-state index is 12.0. The number of hydrogen-bond donors (Lipinski definition) is 2. The fourth-order valence-corrected chi connectivity index (χ4v) is 2.45. The van der Waals surface area contributed by atoms with Crippen LogP contribution in [-0.2, 0) is 16.6 Å². The van der Waals surface area contributed by atoms with Gasteiger partial charge in [0.05, 0.1) is 5.69 Å². The average Bonchev–Trinajstić information content (AvgIpc) is 2.85. The Morgan fingerprint density at radius 3 is 2.58 bits per heavy atom. The summed E-state index contributed by atoms with van der Waals surface area (Å²) in [6, 6.07) is 6.75. The maximum atomic E-state index is 12.0. The van der Waals surface area contributed by atoms with Crippen molar-refractivity contribution in [1.82, 2.24) is 15.1 Å². The van der Waals surface area contributed by atoms with Crippen molar-refractivity contribution in [3.05, 3.63) is 46.8 Å². The second kappa shape index (κ2) is 9.05. The van der Waals surface area contributed by atoms with E-state index in [0.29, 0.717) is 28.7 Å². The van der Waals surface area contributed by atoms with Crippen molar-refractivity contribution in [1.29, 1.82) is 0 Å². The zero-order valence-corrected chi connectivity index (χ0v) is 15.6. The van der Waals surface area contributed by atoms with Crippen LogP contribution in [0, 0.1) is 6.92 Å². The first-order chi connectivity index (χ1) is 12.4. The molecule has 138 valence electrons. The highest BCUT2D eigenvalue weighted by atomic mass is 35.5. The van der Waals surface area contributed by atoms with E-state index < -0.39 is 0 Å². The zero-order chi connectivity index (χ0) is 19.1. The molecule has 0 saturated heterocycles. The minimum absolute atomic E-state index is 0.0481. The summed E-state index contributed by atoms with van der Waals surface area (Å²) >= 11 is 6.12. The first-order valence-corrected chi connectivity index (χ1v) is 8.46. The zero-order valence-electron chi connectivity index (χ0n) is 14.9. The molecule has 0 radical (unpaired) electrons. The van der Waals surface area contributed by atoms with Crippen molar-refractivity contribution in [2.24, 2.45) is 7.05 Å². The van der Waals surface area contributed by atoms with Crippen LogP contribution < -0.4 is 15.4 Å². The van der Waals surface area contributed by atoms with Gasteiger partial charge in [0.15, 0.2) is 6.61 Å². The number of amides is 2. The lowest BCUT2D eigenvalue weighted by atomic mass is 10.2. The lowest BCUT2D eigenvalue weighted by molar-refractivity contribution is -0.123. The molecule has 2 N–H and O–H groups in total. The lowest BCUT2D eigenvalue weighted by Gasteiger charge is -2.07. The maximum Gasteiger partial charge on any atom is 0.257 e. The van der Waals surface area contributed by atoms with Crippen molar-refractivity contribution in [3.8, 4) is 5.75 Å². The molecule has 0 fully saturated rings. The van der Waals surface area contributed by atoms with Crippen molar-refractivity contribution < 1.29 is 14.3 Å². The van der Waals surface area contributed by atoms with Crippen molar-refractivity contribution >= 4 is 35.2 Å². The molecule has 26 heavy (non-hydrogen) atoms. The van der Waals surface area contributed by atoms with Gasteiger partial charge >= 0.3 is 0 Å². The molecule has 0 aliphatic heterocycles. The summed E-state index contributed by atoms with van der Waals surface area (Å²) in [5.74, 6) is 0.0715. The van der Waals surface area contributed by atoms with Crippen molar-refractivity contribution in [3.63, 3.8) is 0 Å². The predicted octanol–water partition coefficient (Wildman–Crippen LogP) is 2.55. The normalized spacial score (nSPS) is 10.8. The standard InChI is InChI=1S/C18H21ClN4O3/c1-4-20-17(25)11-26-14-7-5-13(6-8-14)21-16(24)10-9-15-12(2)22-23(3)18(15)19/h5-10H,4,11H2,1-3H3,(H,20,25)(H,21,24)/b10-9+. The van der Waals surface area contributed by atoms with Gasteiger partial charge in [-0.1, -0.05) is 11.6 Å². The number of benzene rings is 1. The third-order valence-electron chi connectivity index (χ3n) is 3.46. The summed E-state index contributed by atoms with van der Waals surface area (Å²) in [4.78, 5) is 23.4. The first kappa shape index (κ1) is 19.5. The molecular formula is C18H21ClN4O3. The number of carbonyl (C=O) groups excluding carboxylic acids is 2. The minimum Gasteiger partial charge on any atom is -0.484 e. The molecule has 8 heteroatoms. The highest BCUT2D eigenvalue weighted by Gasteiger charge is 2.08. The van der Waals surface area contributed by atoms with E-state index in [2.05, 4.69) is 15.7 Å². The van der Waals surface area contributed by atoms with Gasteiger partial charge < -0.3 is 15.4 Å². The van der Waals surface area contributed by atoms with Gasteiger partial charge in [-0.05, 0) is 44.2 Å². The quantitative estimate of drug-likeness (QED) is 0.727. The Morgan fingerprint density at radius 1 is 1.31 bits per heavy atom. The Kier molecular flexibility index (Phi) is 6.80. The van der Waals surface area contributed by atoms with Crippen LogP contribution in [0.4, 0.5) is 5.69 Å². The van der Waals surface area contributed by atoms with Crippen LogP contribution >= 0.6 is 11.6 Å². The van der Waals surface area contributed by atoms with E-state index in [1.54, 1.807) is 42.1 Å². The molecule has 0 atom stereocenters. The molecule has 1 aromatic carbocycles. The number of likely N-dealkylation sites (N-methyl/N-ethyl adjacent to an activating group) is 1. The van der Waals surface area contributed by atoms with E-state index in [4.69, 9.17) is 16.3 Å². The molecule has 0 aliphatic carbocycles. The largest absolute Gasteiger partial charge is 0.484 e. The summed E-state index contributed by atoms with van der Waals surface area (Å²) in [5, 5.41) is 10.0. The highest BCUT2D eigenvalue weighted by molar-refractivity contribution is 6.31. The molecule has 2 aromatic rings. The second-order valence-corrected chi connectivity index (χ2v) is 5.86. The number of aryl methyl sites for hydroxylation is 2. The third kappa shape index (κ3) is 5.35. The summed E-state index contributed by atoms with van der Waals surface area (Å²) in [5.41, 5.74) is 2.06. The summed E-state index contributed by atoms with van der Waals surface area (Å²) < 4.78 is 6.90. The Hall–Kier alpha value is -2.80. The Balaban J connectivity index is 1.91. The molecule has 2 amide bonds. The van der Waals surface area contributed by atoms with Gasteiger partial charge in [-0.15, -0.1) is 0 Å². The van der Waals surface area contributed by atoms with Gasteiger partial charge in [0.2, 0.25) is 5.91 Å². The number of halogens is 1. The van der Waals surface area contributed by atoms with Crippen molar-refractivity contribution in [2.75, 3.05) is 18.5 Å².